The number of ether oxygens (including phenoxy) is 1. The normalized spacial score (nSPS) is 33.8. The van der Waals surface area contributed by atoms with Crippen LogP contribution in [0.4, 0.5) is 17.3 Å². The smallest absolute Gasteiger partial charge is 0.235 e. The van der Waals surface area contributed by atoms with Crippen LogP contribution in [0.15, 0.2) is 18.2 Å². The molecule has 2 saturated carbocycles. The molecule has 0 radical (unpaired) electrons. The minimum atomic E-state index is -3.01. The topological polar surface area (TPSA) is 138 Å². The van der Waals surface area contributed by atoms with E-state index in [0.717, 1.165) is 42.7 Å². The first-order valence-electron chi connectivity index (χ1n) is 14.0. The number of nitrogens with zero attached hydrogens (tertiary/aromatic N) is 3. The molecule has 7 rings (SSSR count). The van der Waals surface area contributed by atoms with Crippen LogP contribution in [0.3, 0.4) is 0 Å². The fraction of sp³-hybridized carbons (Fsp3) is 0.593. The lowest BCUT2D eigenvalue weighted by molar-refractivity contribution is -0.118. The number of rotatable bonds is 5. The number of sulfone groups is 1. The lowest BCUT2D eigenvalue weighted by Crippen LogP contribution is -2.41. The van der Waals surface area contributed by atoms with Gasteiger partial charge < -0.3 is 20.3 Å². The van der Waals surface area contributed by atoms with E-state index < -0.39 is 15.3 Å². The molecule has 2 aliphatic carbocycles. The van der Waals surface area contributed by atoms with Crippen LogP contribution >= 0.6 is 11.6 Å². The lowest BCUT2D eigenvalue weighted by Gasteiger charge is -2.34. The Kier molecular flexibility index (Phi) is 6.19. The summed E-state index contributed by atoms with van der Waals surface area (Å²) in [7, 11) is -1.36. The highest BCUT2D eigenvalue weighted by atomic mass is 35.5. The molecule has 1 aromatic carbocycles. The van der Waals surface area contributed by atoms with Crippen LogP contribution in [-0.2, 0) is 20.0 Å². The van der Waals surface area contributed by atoms with Crippen LogP contribution in [0.2, 0.25) is 5.02 Å². The lowest BCUT2D eigenvalue weighted by atomic mass is 9.74. The number of benzene rings is 1. The predicted octanol–water partition coefficient (Wildman–Crippen LogP) is 2.22. The Balaban J connectivity index is 1.04. The molecule has 11 nitrogen and oxygen atoms in total. The van der Waals surface area contributed by atoms with Crippen molar-refractivity contribution in [2.45, 2.75) is 50.2 Å². The van der Waals surface area contributed by atoms with E-state index >= 15 is 0 Å². The summed E-state index contributed by atoms with van der Waals surface area (Å²) in [5, 5.41) is 7.02. The summed E-state index contributed by atoms with van der Waals surface area (Å²) in [6.07, 6.45) is 3.85. The fourth-order valence-electron chi connectivity index (χ4n) is 7.44. The molecule has 4 N–H and O–H groups in total. The van der Waals surface area contributed by atoms with Crippen LogP contribution < -0.4 is 31.1 Å². The van der Waals surface area contributed by atoms with E-state index in [-0.39, 0.29) is 29.6 Å². The number of carbonyl (C=O) groups excluding carboxylic acids is 1. The van der Waals surface area contributed by atoms with Crippen molar-refractivity contribution in [1.82, 2.24) is 20.8 Å². The summed E-state index contributed by atoms with van der Waals surface area (Å²) >= 11 is 6.78. The van der Waals surface area contributed by atoms with Gasteiger partial charge in [0.25, 0.3) is 0 Å². The highest BCUT2D eigenvalue weighted by Gasteiger charge is 2.67. The number of hydrazine groups is 1. The molecule has 40 heavy (non-hydrogen) atoms. The molecule has 4 fully saturated rings. The number of methoxy groups -OCH3 is 1. The first kappa shape index (κ1) is 26.2. The Labute approximate surface area is 238 Å². The first-order chi connectivity index (χ1) is 19.2. The Morgan fingerprint density at radius 2 is 1.98 bits per heavy atom. The van der Waals surface area contributed by atoms with Gasteiger partial charge >= 0.3 is 0 Å². The van der Waals surface area contributed by atoms with Gasteiger partial charge in [-0.15, -0.1) is 0 Å². The van der Waals surface area contributed by atoms with Gasteiger partial charge in [-0.05, 0) is 68.2 Å². The molecular formula is C27H34ClN7O4S. The number of hydrogen-bond acceptors (Lipinski definition) is 10. The fourth-order valence-corrected chi connectivity index (χ4v) is 8.90. The summed E-state index contributed by atoms with van der Waals surface area (Å²) < 4.78 is 29.3. The zero-order chi connectivity index (χ0) is 27.8. The Hall–Kier alpha value is -2.67. The van der Waals surface area contributed by atoms with E-state index in [4.69, 9.17) is 16.3 Å². The summed E-state index contributed by atoms with van der Waals surface area (Å²) in [6, 6.07) is 6.13. The van der Waals surface area contributed by atoms with E-state index in [1.165, 1.54) is 0 Å². The van der Waals surface area contributed by atoms with E-state index in [1.54, 1.807) is 7.11 Å². The van der Waals surface area contributed by atoms with E-state index in [1.807, 2.05) is 30.0 Å². The average molecular weight is 588 g/mol. The van der Waals surface area contributed by atoms with Crippen molar-refractivity contribution in [3.05, 3.63) is 34.6 Å². The van der Waals surface area contributed by atoms with E-state index in [9.17, 15) is 13.2 Å². The molecule has 2 aromatic rings. The molecule has 1 amide bonds. The average Bonchev–Trinajstić information content (AvgIpc) is 3.48. The number of aromatic nitrogens is 2. The van der Waals surface area contributed by atoms with E-state index in [0.29, 0.717) is 53.3 Å². The number of halogens is 1. The SMILES string of the molecule is COc1ccc2c(c1)[C@]1(C[C@H]1C1CCC3C(C1)NNC3Nc1nc(C)nc(N3CCS(=O)(=O)CC3)c1Cl)C(=O)N2. The quantitative estimate of drug-likeness (QED) is 0.412. The maximum atomic E-state index is 13.1. The number of anilines is 3. The number of aryl methyl sites for hydroxylation is 1. The highest BCUT2D eigenvalue weighted by Crippen LogP contribution is 2.65. The molecule has 13 heteroatoms. The summed E-state index contributed by atoms with van der Waals surface area (Å²) in [5.41, 5.74) is 8.47. The van der Waals surface area contributed by atoms with Gasteiger partial charge in [-0.2, -0.15) is 0 Å². The van der Waals surface area contributed by atoms with Crippen molar-refractivity contribution < 1.29 is 17.9 Å². The first-order valence-corrected chi connectivity index (χ1v) is 16.2. The third-order valence-electron chi connectivity index (χ3n) is 9.62. The Morgan fingerprint density at radius 1 is 1.18 bits per heavy atom. The largest absolute Gasteiger partial charge is 0.497 e. The molecule has 2 saturated heterocycles. The van der Waals surface area contributed by atoms with Gasteiger partial charge in [0, 0.05) is 30.7 Å². The number of carbonyl (C=O) groups is 1. The van der Waals surface area contributed by atoms with Gasteiger partial charge in [-0.1, -0.05) is 11.6 Å². The number of nitrogens with one attached hydrogen (secondary N) is 4. The maximum absolute atomic E-state index is 13.1. The van der Waals surface area contributed by atoms with E-state index in [2.05, 4.69) is 31.5 Å². The van der Waals surface area contributed by atoms with Gasteiger partial charge in [0.1, 0.15) is 16.6 Å². The molecule has 3 aliphatic heterocycles. The van der Waals surface area contributed by atoms with Crippen molar-refractivity contribution in [3.63, 3.8) is 0 Å². The second-order valence-corrected chi connectivity index (χ2v) is 14.5. The van der Waals surface area contributed by atoms with Gasteiger partial charge in [-0.25, -0.2) is 23.8 Å². The van der Waals surface area contributed by atoms with Crippen molar-refractivity contribution in [2.75, 3.05) is 47.2 Å². The molecule has 0 bridgehead atoms. The molecule has 6 atom stereocenters. The number of fused-ring (bicyclic) bond motifs is 3. The molecule has 1 aromatic heterocycles. The maximum Gasteiger partial charge on any atom is 0.235 e. The monoisotopic (exact) mass is 587 g/mol. The third-order valence-corrected chi connectivity index (χ3v) is 11.6. The van der Waals surface area contributed by atoms with Crippen molar-refractivity contribution in [3.8, 4) is 5.75 Å². The second kappa shape index (κ2) is 9.43. The molecule has 4 heterocycles. The Bertz CT molecular complexity index is 1480. The minimum Gasteiger partial charge on any atom is -0.497 e. The van der Waals surface area contributed by atoms with Crippen LogP contribution in [0.5, 0.6) is 5.75 Å². The molecule has 214 valence electrons. The van der Waals surface area contributed by atoms with Gasteiger partial charge in [0.05, 0.1) is 30.2 Å². The zero-order valence-electron chi connectivity index (χ0n) is 22.5. The standard InChI is InChI=1S/C27H34ClN7O4S/c1-14-29-24(22(28)25(30-14)35-7-9-40(37,38)10-8-35)32-23-17-5-3-15(11-21(17)33-34-23)19-13-27(19)18-12-16(39-2)4-6-20(18)31-26(27)36/h4,6,12,15,17,19,21,23,33-34H,3,5,7-11,13H2,1-2H3,(H,31,36)(H,29,30,32)/t15?,17?,19-,21?,23?,27-/m0/s1. The molecule has 4 unspecified atom stereocenters. The highest BCUT2D eigenvalue weighted by molar-refractivity contribution is 7.91. The Morgan fingerprint density at radius 3 is 2.75 bits per heavy atom. The van der Waals surface area contributed by atoms with Gasteiger partial charge in [-0.3, -0.25) is 10.2 Å². The van der Waals surface area contributed by atoms with Crippen LogP contribution in [-0.4, -0.2) is 68.2 Å². The molecule has 5 aliphatic rings. The third kappa shape index (κ3) is 4.22. The van der Waals surface area contributed by atoms with Gasteiger partial charge in [0.15, 0.2) is 21.5 Å². The second-order valence-electron chi connectivity index (χ2n) is 11.8. The van der Waals surface area contributed by atoms with Crippen LogP contribution in [0, 0.1) is 24.7 Å². The molecular weight excluding hydrogens is 554 g/mol. The van der Waals surface area contributed by atoms with Gasteiger partial charge in [0.2, 0.25) is 5.91 Å². The van der Waals surface area contributed by atoms with Crippen molar-refractivity contribution in [2.24, 2.45) is 17.8 Å². The summed E-state index contributed by atoms with van der Waals surface area (Å²) in [5.74, 6) is 3.89. The number of hydrogen-bond donors (Lipinski definition) is 4. The molecule has 1 spiro atoms. The van der Waals surface area contributed by atoms with Crippen molar-refractivity contribution >= 4 is 44.7 Å². The number of amides is 1. The predicted molar refractivity (Wildman–Crippen MR) is 152 cm³/mol. The summed E-state index contributed by atoms with van der Waals surface area (Å²) in [6.45, 7) is 2.55. The minimum absolute atomic E-state index is 0.0692. The summed E-state index contributed by atoms with van der Waals surface area (Å²) in [4.78, 5) is 24.2. The van der Waals surface area contributed by atoms with Crippen molar-refractivity contribution in [1.29, 1.82) is 0 Å². The van der Waals surface area contributed by atoms with Crippen LogP contribution in [0.25, 0.3) is 0 Å². The zero-order valence-corrected chi connectivity index (χ0v) is 24.1. The van der Waals surface area contributed by atoms with Crippen LogP contribution in [0.1, 0.15) is 37.1 Å².